The molecule has 0 unspecified atom stereocenters. The number of nitrogens with one attached hydrogen (secondary N) is 1. The second-order valence-corrected chi connectivity index (χ2v) is 8.88. The molecule has 1 aliphatic carbocycles. The van der Waals surface area contributed by atoms with Crippen molar-refractivity contribution in [3.63, 3.8) is 0 Å². The highest BCUT2D eigenvalue weighted by molar-refractivity contribution is 5.48. The van der Waals surface area contributed by atoms with Crippen molar-refractivity contribution in [1.82, 2.24) is 5.32 Å². The first kappa shape index (κ1) is 23.4. The molecule has 1 aromatic carbocycles. The van der Waals surface area contributed by atoms with E-state index in [1.165, 1.54) is 24.0 Å². The van der Waals surface area contributed by atoms with Gasteiger partial charge in [-0.25, -0.2) is 4.39 Å². The van der Waals surface area contributed by atoms with Crippen LogP contribution in [0.5, 0.6) is 0 Å². The van der Waals surface area contributed by atoms with E-state index in [4.69, 9.17) is 0 Å². The number of rotatable bonds is 10. The van der Waals surface area contributed by atoms with Crippen LogP contribution in [-0.2, 0) is 12.8 Å². The van der Waals surface area contributed by atoms with Gasteiger partial charge in [-0.1, -0.05) is 57.0 Å². The molecule has 1 N–H and O–H groups in total. The first-order chi connectivity index (χ1) is 13.8. The number of hydrogen-bond acceptors (Lipinski definition) is 1. The van der Waals surface area contributed by atoms with Crippen molar-refractivity contribution in [2.24, 2.45) is 5.41 Å². The van der Waals surface area contributed by atoms with Gasteiger partial charge in [0.2, 0.25) is 0 Å². The van der Waals surface area contributed by atoms with Crippen LogP contribution in [0.3, 0.4) is 0 Å². The van der Waals surface area contributed by atoms with Gasteiger partial charge in [0.1, 0.15) is 5.82 Å². The number of benzene rings is 1. The largest absolute Gasteiger partial charge is 0.385 e. The summed E-state index contributed by atoms with van der Waals surface area (Å²) in [5, 5.41) is 3.39. The number of likely N-dealkylation sites (N-methyl/N-ethyl adjacent to an activating group) is 1. The lowest BCUT2D eigenvalue weighted by Gasteiger charge is -2.34. The highest BCUT2D eigenvalue weighted by Gasteiger charge is 2.38. The molecule has 1 saturated carbocycles. The lowest BCUT2D eigenvalue weighted by molar-refractivity contribution is 0.360. The molecule has 0 atom stereocenters. The number of unbranched alkanes of at least 4 members (excludes halogenated alkanes) is 1. The molecule has 0 bridgehead atoms. The van der Waals surface area contributed by atoms with E-state index in [0.29, 0.717) is 0 Å². The molecule has 29 heavy (non-hydrogen) atoms. The fourth-order valence-corrected chi connectivity index (χ4v) is 5.00. The van der Waals surface area contributed by atoms with Crippen molar-refractivity contribution in [1.29, 1.82) is 0 Å². The Morgan fingerprint density at radius 2 is 1.72 bits per heavy atom. The highest BCUT2D eigenvalue weighted by atomic mass is 19.1. The van der Waals surface area contributed by atoms with Crippen molar-refractivity contribution in [2.45, 2.75) is 86.0 Å². The third-order valence-electron chi connectivity index (χ3n) is 6.76. The third-order valence-corrected chi connectivity index (χ3v) is 6.76. The molecule has 0 amide bonds. The Labute approximate surface area is 178 Å². The van der Waals surface area contributed by atoms with Crippen molar-refractivity contribution >= 4 is 0 Å². The molecule has 1 nitrogen and oxygen atoms in total. The molecular formula is C27H40FN. The first-order valence-corrected chi connectivity index (χ1v) is 11.3. The Kier molecular flexibility index (Phi) is 8.31. The number of hydrogen-bond donors (Lipinski definition) is 1. The summed E-state index contributed by atoms with van der Waals surface area (Å²) in [4.78, 5) is 0. The van der Waals surface area contributed by atoms with Gasteiger partial charge in [-0.05, 0) is 93.1 Å². The van der Waals surface area contributed by atoms with Gasteiger partial charge in [-0.3, -0.25) is 0 Å². The van der Waals surface area contributed by atoms with Crippen LogP contribution >= 0.6 is 0 Å². The Balaban J connectivity index is 2.46. The molecule has 1 fully saturated rings. The maximum Gasteiger partial charge on any atom is 0.129 e. The second kappa shape index (κ2) is 10.3. The number of halogens is 1. The smallest absolute Gasteiger partial charge is 0.129 e. The SMILES string of the molecule is C=C(C)/C(C(=C)NCC)=C(\C)C1(Cc2ccc(CCCC)c(F)c2C)CCCC1. The average Bonchev–Trinajstić information content (AvgIpc) is 3.15. The van der Waals surface area contributed by atoms with E-state index in [1.54, 1.807) is 0 Å². The molecule has 1 aromatic rings. The summed E-state index contributed by atoms with van der Waals surface area (Å²) in [6.07, 6.45) is 8.60. The maximum atomic E-state index is 15.1. The van der Waals surface area contributed by atoms with Crippen LogP contribution in [0.15, 0.2) is 47.7 Å². The fraction of sp³-hybridized carbons (Fsp3) is 0.556. The van der Waals surface area contributed by atoms with E-state index in [-0.39, 0.29) is 11.2 Å². The first-order valence-electron chi connectivity index (χ1n) is 11.3. The zero-order valence-corrected chi connectivity index (χ0v) is 19.3. The zero-order chi connectivity index (χ0) is 21.6. The molecule has 2 heteroatoms. The molecule has 0 aliphatic heterocycles. The van der Waals surface area contributed by atoms with Crippen LogP contribution in [-0.4, -0.2) is 6.54 Å². The predicted octanol–water partition coefficient (Wildman–Crippen LogP) is 7.60. The van der Waals surface area contributed by atoms with E-state index in [9.17, 15) is 0 Å². The molecule has 160 valence electrons. The van der Waals surface area contributed by atoms with Crippen molar-refractivity contribution in [3.05, 3.63) is 70.2 Å². The fourth-order valence-electron chi connectivity index (χ4n) is 5.00. The molecule has 0 heterocycles. The number of allylic oxidation sites excluding steroid dienone is 2. The van der Waals surface area contributed by atoms with Crippen LogP contribution < -0.4 is 5.32 Å². The van der Waals surface area contributed by atoms with Crippen LogP contribution in [0, 0.1) is 18.2 Å². The van der Waals surface area contributed by atoms with Crippen molar-refractivity contribution in [2.75, 3.05) is 6.54 Å². The summed E-state index contributed by atoms with van der Waals surface area (Å²) in [5.74, 6) is 0.00270. The van der Waals surface area contributed by atoms with Gasteiger partial charge in [-0.2, -0.15) is 0 Å². The summed E-state index contributed by atoms with van der Waals surface area (Å²) in [6, 6.07) is 4.20. The van der Waals surface area contributed by atoms with Crippen LogP contribution in [0.2, 0.25) is 0 Å². The Bertz CT molecular complexity index is 778. The van der Waals surface area contributed by atoms with Crippen LogP contribution in [0.25, 0.3) is 0 Å². The molecule has 0 spiro atoms. The minimum atomic E-state index is 0.00270. The van der Waals surface area contributed by atoms with Gasteiger partial charge in [0.15, 0.2) is 0 Å². The summed E-state index contributed by atoms with van der Waals surface area (Å²) in [6.45, 7) is 19.9. The summed E-state index contributed by atoms with van der Waals surface area (Å²) in [7, 11) is 0. The second-order valence-electron chi connectivity index (χ2n) is 8.88. The average molecular weight is 398 g/mol. The monoisotopic (exact) mass is 397 g/mol. The maximum absolute atomic E-state index is 15.1. The topological polar surface area (TPSA) is 12.0 Å². The highest BCUT2D eigenvalue weighted by Crippen LogP contribution is 2.49. The molecule has 1 aliphatic rings. The normalized spacial score (nSPS) is 16.5. The summed E-state index contributed by atoms with van der Waals surface area (Å²) >= 11 is 0. The van der Waals surface area contributed by atoms with E-state index < -0.39 is 0 Å². The predicted molar refractivity (Wildman–Crippen MR) is 125 cm³/mol. The van der Waals surface area contributed by atoms with Crippen LogP contribution in [0.1, 0.15) is 82.9 Å². The van der Waals surface area contributed by atoms with Crippen molar-refractivity contribution < 1.29 is 4.39 Å². The van der Waals surface area contributed by atoms with Gasteiger partial charge >= 0.3 is 0 Å². The van der Waals surface area contributed by atoms with Gasteiger partial charge in [0.05, 0.1) is 0 Å². The Morgan fingerprint density at radius 3 is 2.28 bits per heavy atom. The van der Waals surface area contributed by atoms with Gasteiger partial charge in [0.25, 0.3) is 0 Å². The molecule has 2 rings (SSSR count). The number of aryl methyl sites for hydroxylation is 1. The zero-order valence-electron chi connectivity index (χ0n) is 19.3. The molecular weight excluding hydrogens is 357 g/mol. The van der Waals surface area contributed by atoms with E-state index in [0.717, 1.165) is 73.0 Å². The minimum Gasteiger partial charge on any atom is -0.385 e. The van der Waals surface area contributed by atoms with Gasteiger partial charge in [-0.15, -0.1) is 0 Å². The lowest BCUT2D eigenvalue weighted by atomic mass is 9.71. The lowest BCUT2D eigenvalue weighted by Crippen LogP contribution is -2.26. The molecule has 0 saturated heterocycles. The third kappa shape index (κ3) is 5.21. The minimum absolute atomic E-state index is 0.00270. The Morgan fingerprint density at radius 1 is 1.10 bits per heavy atom. The standard InChI is InChI=1S/C27H40FN/c1-8-10-13-23-14-15-24(20(5)26(23)28)18-27(16-11-12-17-27)21(6)25(19(3)4)22(7)29-9-2/h14-15,29H,3,7-13,16-18H2,1-2,4-6H3/b25-21-. The summed E-state index contributed by atoms with van der Waals surface area (Å²) in [5.41, 5.74) is 7.46. The quantitative estimate of drug-likeness (QED) is 0.401. The van der Waals surface area contributed by atoms with E-state index in [2.05, 4.69) is 52.2 Å². The van der Waals surface area contributed by atoms with E-state index >= 15 is 4.39 Å². The van der Waals surface area contributed by atoms with Gasteiger partial charge in [0, 0.05) is 12.2 Å². The Hall–Kier alpha value is -1.83. The van der Waals surface area contributed by atoms with Crippen LogP contribution in [0.4, 0.5) is 4.39 Å². The van der Waals surface area contributed by atoms with Crippen molar-refractivity contribution in [3.8, 4) is 0 Å². The molecule has 0 radical (unpaired) electrons. The van der Waals surface area contributed by atoms with Gasteiger partial charge < -0.3 is 5.32 Å². The molecule has 0 aromatic heterocycles. The summed E-state index contributed by atoms with van der Waals surface area (Å²) < 4.78 is 15.1. The van der Waals surface area contributed by atoms with E-state index in [1.807, 2.05) is 13.0 Å².